The van der Waals surface area contributed by atoms with Gasteiger partial charge in [-0.1, -0.05) is 30.3 Å². The number of carbonyl (C=O) groups is 1. The molecular formula is C21H25N5O2. The summed E-state index contributed by atoms with van der Waals surface area (Å²) in [4.78, 5) is 13.3. The van der Waals surface area contributed by atoms with Crippen LogP contribution in [0.2, 0.25) is 0 Å². The fourth-order valence-corrected chi connectivity index (χ4v) is 2.62. The van der Waals surface area contributed by atoms with Gasteiger partial charge in [-0.2, -0.15) is 5.53 Å². The first-order valence-corrected chi connectivity index (χ1v) is 8.74. The van der Waals surface area contributed by atoms with Gasteiger partial charge in [-0.25, -0.2) is 0 Å². The fourth-order valence-electron chi connectivity index (χ4n) is 2.62. The highest BCUT2D eigenvalue weighted by Crippen LogP contribution is 2.25. The van der Waals surface area contributed by atoms with E-state index in [0.29, 0.717) is 13.0 Å². The summed E-state index contributed by atoms with van der Waals surface area (Å²) in [6, 6.07) is 18.3. The Bertz CT molecular complexity index is 872. The average molecular weight is 379 g/mol. The van der Waals surface area contributed by atoms with Gasteiger partial charge in [-0.05, 0) is 42.3 Å². The summed E-state index contributed by atoms with van der Waals surface area (Å²) in [7, 11) is 1.93. The van der Waals surface area contributed by atoms with Crippen molar-refractivity contribution in [3.63, 3.8) is 0 Å². The van der Waals surface area contributed by atoms with Crippen LogP contribution < -0.4 is 26.9 Å². The third-order valence-electron chi connectivity index (χ3n) is 4.03. The van der Waals surface area contributed by atoms with Crippen LogP contribution in [0.5, 0.6) is 5.75 Å². The molecule has 0 aliphatic carbocycles. The molecule has 146 valence electrons. The Labute approximate surface area is 164 Å². The normalized spacial score (nSPS) is 9.68. The number of hydrazine groups is 2. The van der Waals surface area contributed by atoms with Gasteiger partial charge in [-0.15, -0.1) is 0 Å². The minimum Gasteiger partial charge on any atom is -0.489 e. The van der Waals surface area contributed by atoms with Crippen molar-refractivity contribution in [3.8, 4) is 16.9 Å². The molecule has 0 saturated heterocycles. The number of carbonyl (C=O) groups excluding carboxylic acids is 1. The summed E-state index contributed by atoms with van der Waals surface area (Å²) in [5.41, 5.74) is 9.56. The molecule has 0 atom stereocenters. The number of aryl methyl sites for hydroxylation is 1. The smallest absolute Gasteiger partial charge is 0.222 e. The van der Waals surface area contributed by atoms with E-state index in [1.54, 1.807) is 6.20 Å². The van der Waals surface area contributed by atoms with E-state index in [0.717, 1.165) is 22.6 Å². The van der Waals surface area contributed by atoms with Gasteiger partial charge < -0.3 is 10.1 Å². The van der Waals surface area contributed by atoms with Crippen LogP contribution in [-0.2, 0) is 11.4 Å². The summed E-state index contributed by atoms with van der Waals surface area (Å²) < 4.78 is 6.02. The van der Waals surface area contributed by atoms with Gasteiger partial charge in [0.2, 0.25) is 6.41 Å². The minimum atomic E-state index is 0.444. The first-order chi connectivity index (χ1) is 13.7. The highest BCUT2D eigenvalue weighted by molar-refractivity contribution is 5.64. The molecule has 0 unspecified atom stereocenters. The molecule has 0 aliphatic heterocycles. The van der Waals surface area contributed by atoms with Gasteiger partial charge in [0.1, 0.15) is 12.4 Å². The molecule has 0 radical (unpaired) electrons. The molecule has 7 nitrogen and oxygen atoms in total. The van der Waals surface area contributed by atoms with Gasteiger partial charge in [0.25, 0.3) is 0 Å². The van der Waals surface area contributed by atoms with Gasteiger partial charge >= 0.3 is 0 Å². The number of anilines is 1. The van der Waals surface area contributed by atoms with Gasteiger partial charge in [0, 0.05) is 36.3 Å². The zero-order valence-corrected chi connectivity index (χ0v) is 16.0. The number of rotatable bonds is 7. The van der Waals surface area contributed by atoms with Crippen LogP contribution in [0.15, 0.2) is 67.0 Å². The fraction of sp³-hybridized carbons (Fsp3) is 0.143. The monoisotopic (exact) mass is 379 g/mol. The summed E-state index contributed by atoms with van der Waals surface area (Å²) >= 11 is 0. The van der Waals surface area contributed by atoms with Crippen molar-refractivity contribution in [2.45, 2.75) is 13.5 Å². The van der Waals surface area contributed by atoms with E-state index in [2.05, 4.69) is 41.3 Å². The Balaban J connectivity index is 0.000000500. The Hall–Kier alpha value is -3.42. The van der Waals surface area contributed by atoms with Gasteiger partial charge in [0.05, 0.1) is 0 Å². The Morgan fingerprint density at radius 1 is 1.11 bits per heavy atom. The molecule has 3 aromatic rings. The molecule has 0 aliphatic rings. The third-order valence-corrected chi connectivity index (χ3v) is 4.03. The quantitative estimate of drug-likeness (QED) is 0.286. The van der Waals surface area contributed by atoms with E-state index in [1.807, 2.05) is 60.6 Å². The Morgan fingerprint density at radius 2 is 1.89 bits per heavy atom. The lowest BCUT2D eigenvalue weighted by molar-refractivity contribution is -0.110. The van der Waals surface area contributed by atoms with E-state index >= 15 is 0 Å². The van der Waals surface area contributed by atoms with Crippen molar-refractivity contribution in [3.05, 3.63) is 78.1 Å². The standard InChI is InChI=1S/C20H20N2O.CH5N3O/c1-15-6-3-10-20(21-2)19(15)14-23-18-9-4-7-16(12-18)17-8-5-11-22-13-17;2-4-3-1-5/h3-13,21H,14H2,1-2H3;1,4H,2H2,(H,3,5). The number of nitrogens with two attached hydrogens (primary N) is 1. The molecular weight excluding hydrogens is 354 g/mol. The van der Waals surface area contributed by atoms with E-state index in [4.69, 9.17) is 9.53 Å². The largest absolute Gasteiger partial charge is 0.489 e. The van der Waals surface area contributed by atoms with Crippen LogP contribution in [0.4, 0.5) is 5.69 Å². The second-order valence-corrected chi connectivity index (χ2v) is 5.82. The number of ether oxygens (including phenoxy) is 1. The van der Waals surface area contributed by atoms with Crippen LogP contribution in [0, 0.1) is 6.92 Å². The zero-order valence-electron chi connectivity index (χ0n) is 16.0. The maximum absolute atomic E-state index is 9.15. The van der Waals surface area contributed by atoms with Crippen molar-refractivity contribution in [1.29, 1.82) is 0 Å². The maximum atomic E-state index is 9.15. The first kappa shape index (κ1) is 20.9. The summed E-state index contributed by atoms with van der Waals surface area (Å²) in [6.45, 7) is 2.64. The highest BCUT2D eigenvalue weighted by atomic mass is 16.5. The molecule has 2 aromatic carbocycles. The highest BCUT2D eigenvalue weighted by Gasteiger charge is 2.06. The summed E-state index contributed by atoms with van der Waals surface area (Å²) in [5.74, 6) is 5.40. The van der Waals surface area contributed by atoms with Crippen LogP contribution in [0.1, 0.15) is 11.1 Å². The van der Waals surface area contributed by atoms with Gasteiger partial charge in [-0.3, -0.25) is 21.0 Å². The summed E-state index contributed by atoms with van der Waals surface area (Å²) in [5, 5.41) is 3.22. The number of pyridine rings is 1. The van der Waals surface area contributed by atoms with Crippen LogP contribution in [0.3, 0.4) is 0 Å². The number of aromatic nitrogens is 1. The first-order valence-electron chi connectivity index (χ1n) is 8.74. The Kier molecular flexibility index (Phi) is 8.45. The van der Waals surface area contributed by atoms with Crippen molar-refractivity contribution < 1.29 is 9.53 Å². The predicted octanol–water partition coefficient (Wildman–Crippen LogP) is 2.79. The van der Waals surface area contributed by atoms with E-state index in [-0.39, 0.29) is 0 Å². The number of hydrogen-bond donors (Lipinski definition) is 4. The zero-order chi connectivity index (χ0) is 20.2. The van der Waals surface area contributed by atoms with E-state index in [1.165, 1.54) is 11.1 Å². The average Bonchev–Trinajstić information content (AvgIpc) is 2.74. The maximum Gasteiger partial charge on any atom is 0.222 e. The van der Waals surface area contributed by atoms with Crippen molar-refractivity contribution in [2.75, 3.05) is 12.4 Å². The lowest BCUT2D eigenvalue weighted by Crippen LogP contribution is -2.36. The van der Waals surface area contributed by atoms with Crippen LogP contribution >= 0.6 is 0 Å². The topological polar surface area (TPSA) is 101 Å². The molecule has 5 N–H and O–H groups in total. The lowest BCUT2D eigenvalue weighted by atomic mass is 10.1. The number of nitrogens with one attached hydrogen (secondary N) is 3. The molecule has 0 saturated carbocycles. The van der Waals surface area contributed by atoms with Crippen LogP contribution in [0.25, 0.3) is 11.1 Å². The van der Waals surface area contributed by atoms with Crippen LogP contribution in [-0.4, -0.2) is 18.4 Å². The second-order valence-electron chi connectivity index (χ2n) is 5.82. The van der Waals surface area contributed by atoms with Crippen molar-refractivity contribution in [1.82, 2.24) is 15.9 Å². The molecule has 1 heterocycles. The number of hydrogen-bond acceptors (Lipinski definition) is 6. The molecule has 1 amide bonds. The molecule has 7 heteroatoms. The predicted molar refractivity (Wildman–Crippen MR) is 111 cm³/mol. The second kappa shape index (κ2) is 11.3. The Morgan fingerprint density at radius 3 is 2.54 bits per heavy atom. The SMILES string of the molecule is CNc1cccc(C)c1COc1cccc(-c2cccnc2)c1.NNNC=O. The molecule has 3 rings (SSSR count). The molecule has 28 heavy (non-hydrogen) atoms. The van der Waals surface area contributed by atoms with E-state index in [9.17, 15) is 0 Å². The number of amides is 1. The van der Waals surface area contributed by atoms with Crippen molar-refractivity contribution >= 4 is 12.1 Å². The molecule has 0 bridgehead atoms. The number of nitrogens with zero attached hydrogens (tertiary/aromatic N) is 1. The third kappa shape index (κ3) is 6.08. The van der Waals surface area contributed by atoms with E-state index < -0.39 is 0 Å². The lowest BCUT2D eigenvalue weighted by Gasteiger charge is -2.14. The van der Waals surface area contributed by atoms with Crippen molar-refractivity contribution in [2.24, 2.45) is 5.84 Å². The number of benzene rings is 2. The molecule has 1 aromatic heterocycles. The molecule has 0 fully saturated rings. The minimum absolute atomic E-state index is 0.444. The summed E-state index contributed by atoms with van der Waals surface area (Å²) in [6.07, 6.45) is 4.08. The van der Waals surface area contributed by atoms with Gasteiger partial charge in [0.15, 0.2) is 0 Å². The molecule has 0 spiro atoms.